The summed E-state index contributed by atoms with van der Waals surface area (Å²) in [5, 5.41) is 12.3. The molecule has 1 aromatic rings. The van der Waals surface area contributed by atoms with Gasteiger partial charge in [-0.05, 0) is 13.3 Å². The van der Waals surface area contributed by atoms with Gasteiger partial charge in [-0.1, -0.05) is 18.5 Å². The lowest BCUT2D eigenvalue weighted by Crippen LogP contribution is -2.19. The topological polar surface area (TPSA) is 84.2 Å². The molecule has 0 amide bonds. The number of nitrogens with one attached hydrogen (secondary N) is 1. The molecular formula is C14H18ClN3O3S. The van der Waals surface area contributed by atoms with Crippen molar-refractivity contribution >= 4 is 28.9 Å². The predicted molar refractivity (Wildman–Crippen MR) is 84.3 cm³/mol. The summed E-state index contributed by atoms with van der Waals surface area (Å²) in [4.78, 5) is 16.8. The van der Waals surface area contributed by atoms with Gasteiger partial charge in [0.25, 0.3) is 0 Å². The quantitative estimate of drug-likeness (QED) is 0.321. The first-order valence-corrected chi connectivity index (χ1v) is 8.03. The van der Waals surface area contributed by atoms with Crippen LogP contribution >= 0.6 is 22.9 Å². The van der Waals surface area contributed by atoms with Crippen LogP contribution < -0.4 is 5.32 Å². The number of nitrogens with zero attached hydrogens (tertiary/aromatic N) is 2. The molecule has 0 aromatic carbocycles. The Morgan fingerprint density at radius 2 is 2.27 bits per heavy atom. The average Bonchev–Trinajstić information content (AvgIpc) is 2.93. The van der Waals surface area contributed by atoms with Gasteiger partial charge in [0.2, 0.25) is 0 Å². The molecular weight excluding hydrogens is 326 g/mol. The van der Waals surface area contributed by atoms with Gasteiger partial charge < -0.3 is 14.8 Å². The van der Waals surface area contributed by atoms with Gasteiger partial charge in [0.05, 0.1) is 13.2 Å². The molecule has 0 radical (unpaired) electrons. The lowest BCUT2D eigenvalue weighted by Gasteiger charge is -2.11. The van der Waals surface area contributed by atoms with Crippen LogP contribution in [0.15, 0.2) is 17.5 Å². The van der Waals surface area contributed by atoms with Gasteiger partial charge in [-0.15, -0.1) is 11.3 Å². The van der Waals surface area contributed by atoms with Crippen LogP contribution in [-0.2, 0) is 20.8 Å². The number of nitriles is 1. The van der Waals surface area contributed by atoms with Crippen molar-refractivity contribution in [3.63, 3.8) is 0 Å². The number of hydrogen-bond acceptors (Lipinski definition) is 7. The average molecular weight is 344 g/mol. The minimum absolute atomic E-state index is 0.0189. The van der Waals surface area contributed by atoms with Crippen molar-refractivity contribution < 1.29 is 14.3 Å². The third kappa shape index (κ3) is 6.02. The van der Waals surface area contributed by atoms with E-state index in [2.05, 4.69) is 10.3 Å². The molecule has 6 nitrogen and oxygen atoms in total. The van der Waals surface area contributed by atoms with Gasteiger partial charge in [0.15, 0.2) is 10.0 Å². The Kier molecular flexibility index (Phi) is 8.51. The summed E-state index contributed by atoms with van der Waals surface area (Å²) < 4.78 is 10.6. The van der Waals surface area contributed by atoms with Crippen LogP contribution in [0, 0.1) is 11.3 Å². The van der Waals surface area contributed by atoms with Gasteiger partial charge in [-0.25, -0.2) is 9.78 Å². The number of aromatic nitrogens is 1. The number of rotatable bonds is 9. The molecule has 0 fully saturated rings. The van der Waals surface area contributed by atoms with Crippen molar-refractivity contribution in [1.82, 2.24) is 10.3 Å². The van der Waals surface area contributed by atoms with E-state index in [-0.39, 0.29) is 12.2 Å². The molecule has 0 atom stereocenters. The summed E-state index contributed by atoms with van der Waals surface area (Å²) in [5.41, 5.74) is 0.517. The second kappa shape index (κ2) is 10.2. The summed E-state index contributed by atoms with van der Waals surface area (Å²) in [5.74, 6) is -0.645. The molecule has 1 N–H and O–H groups in total. The zero-order valence-corrected chi connectivity index (χ0v) is 14.1. The van der Waals surface area contributed by atoms with Crippen LogP contribution in [-0.4, -0.2) is 30.8 Å². The smallest absolute Gasteiger partial charge is 0.350 e. The SMILES string of the molecule is CCOCCOC(=O)/C(C#N)=C(\CC)NCc1cnc(Cl)s1. The maximum atomic E-state index is 11.9. The Morgan fingerprint density at radius 3 is 2.82 bits per heavy atom. The standard InChI is InChI=1S/C14H18ClN3O3S/c1-3-12(17-8-10-9-18-14(15)22-10)11(7-16)13(19)21-6-5-20-4-2/h9,17H,3-6,8H2,1-2H3/b12-11+. The minimum Gasteiger partial charge on any atom is -0.459 e. The largest absolute Gasteiger partial charge is 0.459 e. The number of allylic oxidation sites excluding steroid dienone is 1. The number of carbonyl (C=O) groups is 1. The normalized spacial score (nSPS) is 11.5. The van der Waals surface area contributed by atoms with Gasteiger partial charge in [-0.2, -0.15) is 5.26 Å². The van der Waals surface area contributed by atoms with E-state index in [1.807, 2.05) is 19.9 Å². The van der Waals surface area contributed by atoms with Crippen molar-refractivity contribution in [2.24, 2.45) is 0 Å². The van der Waals surface area contributed by atoms with Gasteiger partial charge in [-0.3, -0.25) is 0 Å². The van der Waals surface area contributed by atoms with Gasteiger partial charge >= 0.3 is 5.97 Å². The lowest BCUT2D eigenvalue weighted by molar-refractivity contribution is -0.140. The van der Waals surface area contributed by atoms with Crippen molar-refractivity contribution in [2.45, 2.75) is 26.8 Å². The first kappa shape index (κ1) is 18.4. The summed E-state index contributed by atoms with van der Waals surface area (Å²) in [6.07, 6.45) is 2.16. The zero-order valence-electron chi connectivity index (χ0n) is 12.5. The molecule has 1 heterocycles. The Balaban J connectivity index is 2.65. The van der Waals surface area contributed by atoms with E-state index in [0.29, 0.717) is 36.3 Å². The predicted octanol–water partition coefficient (Wildman–Crippen LogP) is 2.65. The zero-order chi connectivity index (χ0) is 16.4. The number of esters is 1. The summed E-state index contributed by atoms with van der Waals surface area (Å²) in [6.45, 7) is 5.15. The molecule has 0 aliphatic carbocycles. The second-order valence-electron chi connectivity index (χ2n) is 4.08. The molecule has 22 heavy (non-hydrogen) atoms. The fourth-order valence-corrected chi connectivity index (χ4v) is 2.51. The van der Waals surface area contributed by atoms with E-state index in [1.54, 1.807) is 6.20 Å². The molecule has 120 valence electrons. The van der Waals surface area contributed by atoms with E-state index in [4.69, 9.17) is 21.1 Å². The number of thiazole rings is 1. The van der Waals surface area contributed by atoms with Crippen LogP contribution in [0.25, 0.3) is 0 Å². The van der Waals surface area contributed by atoms with Crippen LogP contribution in [0.3, 0.4) is 0 Å². The molecule has 1 aromatic heterocycles. The monoisotopic (exact) mass is 343 g/mol. The molecule has 0 unspecified atom stereocenters. The molecule has 0 aliphatic heterocycles. The molecule has 0 spiro atoms. The highest BCUT2D eigenvalue weighted by Gasteiger charge is 2.16. The minimum atomic E-state index is -0.645. The highest BCUT2D eigenvalue weighted by molar-refractivity contribution is 7.15. The summed E-state index contributed by atoms with van der Waals surface area (Å²) in [7, 11) is 0. The molecule has 0 bridgehead atoms. The fourth-order valence-electron chi connectivity index (χ4n) is 1.60. The number of ether oxygens (including phenoxy) is 2. The summed E-state index contributed by atoms with van der Waals surface area (Å²) in [6, 6.07) is 1.90. The Labute approximate surface area is 138 Å². The van der Waals surface area contributed by atoms with Gasteiger partial charge in [0, 0.05) is 23.4 Å². The van der Waals surface area contributed by atoms with Crippen LogP contribution in [0.2, 0.25) is 4.47 Å². The Bertz CT molecular complexity index is 566. The third-order valence-electron chi connectivity index (χ3n) is 2.64. The van der Waals surface area contributed by atoms with E-state index in [0.717, 1.165) is 4.88 Å². The van der Waals surface area contributed by atoms with Crippen LogP contribution in [0.1, 0.15) is 25.1 Å². The molecule has 0 saturated heterocycles. The highest BCUT2D eigenvalue weighted by Crippen LogP contribution is 2.18. The molecule has 0 saturated carbocycles. The lowest BCUT2D eigenvalue weighted by atomic mass is 10.2. The second-order valence-corrected chi connectivity index (χ2v) is 5.78. The Morgan fingerprint density at radius 1 is 1.50 bits per heavy atom. The maximum Gasteiger partial charge on any atom is 0.350 e. The summed E-state index contributed by atoms with van der Waals surface area (Å²) >= 11 is 7.10. The maximum absolute atomic E-state index is 11.9. The highest BCUT2D eigenvalue weighted by atomic mass is 35.5. The van der Waals surface area contributed by atoms with Crippen molar-refractivity contribution in [2.75, 3.05) is 19.8 Å². The molecule has 0 aliphatic rings. The van der Waals surface area contributed by atoms with Crippen molar-refractivity contribution in [3.05, 3.63) is 26.8 Å². The Hall–Kier alpha value is -1.62. The van der Waals surface area contributed by atoms with E-state index >= 15 is 0 Å². The van der Waals surface area contributed by atoms with E-state index in [9.17, 15) is 10.1 Å². The van der Waals surface area contributed by atoms with E-state index in [1.165, 1.54) is 11.3 Å². The number of halogens is 1. The van der Waals surface area contributed by atoms with E-state index < -0.39 is 5.97 Å². The van der Waals surface area contributed by atoms with Gasteiger partial charge in [0.1, 0.15) is 12.7 Å². The molecule has 1 rings (SSSR count). The third-order valence-corrected chi connectivity index (χ3v) is 3.75. The first-order valence-electron chi connectivity index (χ1n) is 6.84. The molecule has 8 heteroatoms. The number of carbonyl (C=O) groups excluding carboxylic acids is 1. The van der Waals surface area contributed by atoms with Crippen LogP contribution in [0.5, 0.6) is 0 Å². The van der Waals surface area contributed by atoms with Crippen molar-refractivity contribution in [3.8, 4) is 6.07 Å². The first-order chi connectivity index (χ1) is 10.6. The fraction of sp³-hybridized carbons (Fsp3) is 0.500. The number of hydrogen-bond donors (Lipinski definition) is 1. The van der Waals surface area contributed by atoms with Crippen LogP contribution in [0.4, 0.5) is 0 Å². The van der Waals surface area contributed by atoms with Crippen molar-refractivity contribution in [1.29, 1.82) is 5.26 Å².